The highest BCUT2D eigenvalue weighted by atomic mass is 19.3. The summed E-state index contributed by atoms with van der Waals surface area (Å²) in [6.45, 7) is 2.03. The predicted octanol–water partition coefficient (Wildman–Crippen LogP) is 3.57. The summed E-state index contributed by atoms with van der Waals surface area (Å²) in [5.41, 5.74) is 15.2. The van der Waals surface area contributed by atoms with Gasteiger partial charge in [-0.1, -0.05) is 36.4 Å². The molecule has 2 aromatic carbocycles. The quantitative estimate of drug-likeness (QED) is 0.475. The van der Waals surface area contributed by atoms with Gasteiger partial charge in [-0.05, 0) is 43.1 Å². The Labute approximate surface area is 218 Å². The van der Waals surface area contributed by atoms with Crippen LogP contribution < -0.4 is 21.7 Å². The zero-order valence-electron chi connectivity index (χ0n) is 20.8. The molecule has 1 amide bonds. The first-order valence-electron chi connectivity index (χ1n) is 12.6. The number of nitriles is 1. The number of nitrogen functional groups attached to an aromatic ring is 1. The smallest absolute Gasteiger partial charge is 0.293 e. The summed E-state index contributed by atoms with van der Waals surface area (Å²) in [7, 11) is 0. The van der Waals surface area contributed by atoms with Crippen molar-refractivity contribution in [3.63, 3.8) is 0 Å². The number of piperidine rings is 1. The van der Waals surface area contributed by atoms with Gasteiger partial charge < -0.3 is 21.7 Å². The molecule has 194 valence electrons. The number of carbonyl (C=O) groups excluding carboxylic acids is 1. The third-order valence-corrected chi connectivity index (χ3v) is 8.39. The van der Waals surface area contributed by atoms with Crippen molar-refractivity contribution in [3.05, 3.63) is 70.5 Å². The number of aromatic nitrogens is 2. The molecule has 0 bridgehead atoms. The molecule has 8 nitrogen and oxygen atoms in total. The summed E-state index contributed by atoms with van der Waals surface area (Å²) >= 11 is 0. The third-order valence-electron chi connectivity index (χ3n) is 8.39. The first kappa shape index (κ1) is 24.4. The average molecular weight is 516 g/mol. The fraction of sp³-hybridized carbons (Fsp3) is 0.357. The van der Waals surface area contributed by atoms with Crippen molar-refractivity contribution in [2.24, 2.45) is 11.1 Å². The number of nitrogens with zero attached hydrogens (tertiary/aromatic N) is 4. The van der Waals surface area contributed by atoms with Gasteiger partial charge in [0.1, 0.15) is 17.6 Å². The number of nitrogens with one attached hydrogen (secondary N) is 1. The summed E-state index contributed by atoms with van der Waals surface area (Å²) in [6.07, 6.45) is 1.56. The molecule has 6 rings (SSSR count). The Morgan fingerprint density at radius 3 is 2.53 bits per heavy atom. The van der Waals surface area contributed by atoms with Crippen molar-refractivity contribution in [1.82, 2.24) is 15.3 Å². The highest BCUT2D eigenvalue weighted by molar-refractivity contribution is 5.96. The van der Waals surface area contributed by atoms with E-state index < -0.39 is 18.4 Å². The van der Waals surface area contributed by atoms with Crippen LogP contribution in [-0.4, -0.2) is 35.5 Å². The van der Waals surface area contributed by atoms with Crippen LogP contribution in [0.3, 0.4) is 0 Å². The fourth-order valence-corrected chi connectivity index (χ4v) is 6.70. The Kier molecular flexibility index (Phi) is 5.49. The van der Waals surface area contributed by atoms with Crippen LogP contribution in [0.25, 0.3) is 11.3 Å². The lowest BCUT2D eigenvalue weighted by molar-refractivity contribution is -0.117. The summed E-state index contributed by atoms with van der Waals surface area (Å²) in [5, 5.41) is 13.6. The molecule has 1 spiro atoms. The predicted molar refractivity (Wildman–Crippen MR) is 138 cm³/mol. The van der Waals surface area contributed by atoms with Crippen molar-refractivity contribution in [3.8, 4) is 17.3 Å². The van der Waals surface area contributed by atoms with E-state index in [4.69, 9.17) is 16.5 Å². The molecule has 38 heavy (non-hydrogen) atoms. The number of nitrogens with two attached hydrogens (primary N) is 2. The van der Waals surface area contributed by atoms with Crippen LogP contribution in [0.1, 0.15) is 59.8 Å². The average Bonchev–Trinajstić information content (AvgIpc) is 3.32. The van der Waals surface area contributed by atoms with E-state index in [-0.39, 0.29) is 51.4 Å². The Morgan fingerprint density at radius 2 is 1.84 bits per heavy atom. The Morgan fingerprint density at radius 1 is 1.13 bits per heavy atom. The standard InChI is InChI=1S/C28H27F2N7O/c1-15(38)37-14-28(29,30)21-18(7-4-8-20(21)37)23-26(33)36-24(19(13-31)35-23)22-16-5-2-3-6-17(16)25(32)27(22)9-11-34-12-10-27/h2-8,22,25,34H,9-12,14,32H2,1H3,(H2,33,36)/t22?,25-/m1/s1. The lowest BCUT2D eigenvalue weighted by Crippen LogP contribution is -2.44. The Hall–Kier alpha value is -3.94. The summed E-state index contributed by atoms with van der Waals surface area (Å²) in [6, 6.07) is 14.3. The van der Waals surface area contributed by atoms with E-state index in [0.717, 1.165) is 42.0 Å². The zero-order chi connectivity index (χ0) is 26.8. The molecule has 1 unspecified atom stereocenters. The lowest BCUT2D eigenvalue weighted by Gasteiger charge is -2.42. The molecule has 0 radical (unpaired) electrons. The summed E-state index contributed by atoms with van der Waals surface area (Å²) < 4.78 is 30.4. The molecule has 0 saturated carbocycles. The van der Waals surface area contributed by atoms with E-state index in [9.17, 15) is 10.1 Å². The van der Waals surface area contributed by atoms with Gasteiger partial charge in [-0.3, -0.25) is 4.79 Å². The molecular weight excluding hydrogens is 488 g/mol. The van der Waals surface area contributed by atoms with E-state index in [0.29, 0.717) is 5.69 Å². The van der Waals surface area contributed by atoms with Gasteiger partial charge in [0.25, 0.3) is 5.92 Å². The van der Waals surface area contributed by atoms with Crippen LogP contribution in [0, 0.1) is 16.7 Å². The number of benzene rings is 2. The molecule has 3 aromatic rings. The second-order valence-corrected chi connectivity index (χ2v) is 10.3. The maximum absolute atomic E-state index is 15.2. The first-order chi connectivity index (χ1) is 18.2. The Bertz CT molecular complexity index is 1510. The number of halogens is 2. The molecule has 3 heterocycles. The maximum Gasteiger partial charge on any atom is 0.293 e. The number of alkyl halides is 2. The minimum atomic E-state index is -3.31. The van der Waals surface area contributed by atoms with Crippen LogP contribution in [-0.2, 0) is 10.7 Å². The molecule has 1 aliphatic carbocycles. The van der Waals surface area contributed by atoms with Gasteiger partial charge in [0, 0.05) is 29.9 Å². The molecule has 1 aromatic heterocycles. The largest absolute Gasteiger partial charge is 0.382 e. The van der Waals surface area contributed by atoms with Crippen molar-refractivity contribution in [1.29, 1.82) is 5.26 Å². The molecule has 1 fully saturated rings. The fourth-order valence-electron chi connectivity index (χ4n) is 6.70. The van der Waals surface area contributed by atoms with Crippen LogP contribution >= 0.6 is 0 Å². The number of carbonyl (C=O) groups is 1. The second-order valence-electron chi connectivity index (χ2n) is 10.3. The van der Waals surface area contributed by atoms with Crippen molar-refractivity contribution < 1.29 is 13.6 Å². The van der Waals surface area contributed by atoms with Gasteiger partial charge >= 0.3 is 0 Å². The van der Waals surface area contributed by atoms with E-state index in [1.54, 1.807) is 6.07 Å². The molecule has 1 saturated heterocycles. The zero-order valence-corrected chi connectivity index (χ0v) is 20.8. The first-order valence-corrected chi connectivity index (χ1v) is 12.6. The third kappa shape index (κ3) is 3.35. The minimum absolute atomic E-state index is 0.00201. The minimum Gasteiger partial charge on any atom is -0.382 e. The van der Waals surface area contributed by atoms with Crippen LogP contribution in [0.5, 0.6) is 0 Å². The van der Waals surface area contributed by atoms with E-state index in [2.05, 4.69) is 16.4 Å². The van der Waals surface area contributed by atoms with E-state index in [1.165, 1.54) is 19.1 Å². The topological polar surface area (TPSA) is 134 Å². The second kappa shape index (κ2) is 8.55. The van der Waals surface area contributed by atoms with E-state index >= 15 is 8.78 Å². The highest BCUT2D eigenvalue weighted by Crippen LogP contribution is 2.60. The number of fused-ring (bicyclic) bond motifs is 2. The number of rotatable bonds is 2. The monoisotopic (exact) mass is 515 g/mol. The van der Waals surface area contributed by atoms with Crippen LogP contribution in [0.4, 0.5) is 20.3 Å². The van der Waals surface area contributed by atoms with Gasteiger partial charge in [-0.2, -0.15) is 14.0 Å². The number of amides is 1. The molecular formula is C28H27F2N7O. The lowest BCUT2D eigenvalue weighted by atomic mass is 9.66. The maximum atomic E-state index is 15.2. The summed E-state index contributed by atoms with van der Waals surface area (Å²) in [5.74, 6) is -4.17. The SMILES string of the molecule is CC(=O)N1CC(F)(F)c2c(-c3nc(C#N)c(C4c5ccccc5[C@@H](N)C45CCNCC5)nc3N)cccc21. The molecule has 10 heteroatoms. The van der Waals surface area contributed by atoms with Crippen molar-refractivity contribution in [2.75, 3.05) is 30.3 Å². The van der Waals surface area contributed by atoms with Gasteiger partial charge in [-0.25, -0.2) is 9.97 Å². The molecule has 3 aliphatic rings. The number of anilines is 2. The van der Waals surface area contributed by atoms with Crippen LogP contribution in [0.15, 0.2) is 42.5 Å². The van der Waals surface area contributed by atoms with E-state index in [1.807, 2.05) is 24.3 Å². The van der Waals surface area contributed by atoms with Crippen molar-refractivity contribution >= 4 is 17.4 Å². The number of hydrogen-bond acceptors (Lipinski definition) is 7. The van der Waals surface area contributed by atoms with Crippen molar-refractivity contribution in [2.45, 2.75) is 37.6 Å². The van der Waals surface area contributed by atoms with Gasteiger partial charge in [0.15, 0.2) is 5.69 Å². The normalized spacial score (nSPS) is 22.7. The van der Waals surface area contributed by atoms with Gasteiger partial charge in [0.2, 0.25) is 5.91 Å². The van der Waals surface area contributed by atoms with Crippen LogP contribution in [0.2, 0.25) is 0 Å². The van der Waals surface area contributed by atoms with Gasteiger partial charge in [-0.15, -0.1) is 0 Å². The van der Waals surface area contributed by atoms with Gasteiger partial charge in [0.05, 0.1) is 23.5 Å². The molecule has 2 atom stereocenters. The Balaban J connectivity index is 1.55. The highest BCUT2D eigenvalue weighted by Gasteiger charge is 2.54. The molecule has 2 aliphatic heterocycles. The molecule has 5 N–H and O–H groups in total. The number of hydrogen-bond donors (Lipinski definition) is 3. The summed E-state index contributed by atoms with van der Waals surface area (Å²) in [4.78, 5) is 22.4.